The molecule has 0 radical (unpaired) electrons. The number of rotatable bonds is 6. The molecule has 3 aromatic rings. The van der Waals surface area contributed by atoms with E-state index in [-0.39, 0.29) is 5.84 Å². The van der Waals surface area contributed by atoms with Gasteiger partial charge in [0.15, 0.2) is 5.84 Å². The summed E-state index contributed by atoms with van der Waals surface area (Å²) in [6, 6.07) is 11.9. The maximum absolute atomic E-state index is 13.4. The predicted molar refractivity (Wildman–Crippen MR) is 137 cm³/mol. The van der Waals surface area contributed by atoms with Gasteiger partial charge in [0, 0.05) is 5.56 Å². The van der Waals surface area contributed by atoms with Crippen molar-refractivity contribution < 1.29 is 14.3 Å². The minimum absolute atomic E-state index is 0.257. The van der Waals surface area contributed by atoms with Gasteiger partial charge in [0.1, 0.15) is 18.1 Å². The number of hydrogen-bond acceptors (Lipinski definition) is 5. The third-order valence-electron chi connectivity index (χ3n) is 6.64. The average molecular weight is 460 g/mol. The van der Waals surface area contributed by atoms with E-state index >= 15 is 0 Å². The van der Waals surface area contributed by atoms with E-state index in [1.54, 1.807) is 0 Å². The Kier molecular flexibility index (Phi) is 7.30. The second kappa shape index (κ2) is 10.00. The number of amidine groups is 1. The van der Waals surface area contributed by atoms with E-state index in [1.165, 1.54) is 0 Å². The molecule has 0 unspecified atom stereocenters. The first kappa shape index (κ1) is 24.8. The van der Waals surface area contributed by atoms with Gasteiger partial charge < -0.3 is 21.1 Å². The van der Waals surface area contributed by atoms with Crippen LogP contribution in [0.1, 0.15) is 60.4 Å². The summed E-state index contributed by atoms with van der Waals surface area (Å²) in [6.45, 7) is 13.9. The Balaban J connectivity index is 1.95. The predicted octanol–water partition coefficient (Wildman–Crippen LogP) is 5.22. The molecule has 0 aromatic heterocycles. The molecule has 4 N–H and O–H groups in total. The lowest BCUT2D eigenvalue weighted by Gasteiger charge is -2.21. The number of nitrogens with zero attached hydrogens (tertiary/aromatic N) is 1. The van der Waals surface area contributed by atoms with E-state index in [0.29, 0.717) is 17.9 Å². The first-order valence-corrected chi connectivity index (χ1v) is 11.2. The number of hydrogen-bond donors (Lipinski definition) is 2. The minimum Gasteiger partial charge on any atom is -0.489 e. The second-order valence-corrected chi connectivity index (χ2v) is 8.70. The summed E-state index contributed by atoms with van der Waals surface area (Å²) in [5.74, 6) is 6.57. The largest absolute Gasteiger partial charge is 0.489 e. The minimum atomic E-state index is -0.397. The van der Waals surface area contributed by atoms with Crippen molar-refractivity contribution in [3.05, 3.63) is 92.0 Å². The zero-order valence-corrected chi connectivity index (χ0v) is 21.0. The standard InChI is InChI=1S/C28H33N3O3/c1-15-13-23(33-14-22-11-9-8-10-12-22)16(2)17(3)24(15)28(32)34-26-20(6)18(4)25(27(29)31-30)19(5)21(26)7/h8-13H,14,30H2,1-7H3,(H2,29,31). The van der Waals surface area contributed by atoms with Crippen LogP contribution in [0.2, 0.25) is 0 Å². The number of ether oxygens (including phenoxy) is 2. The Morgan fingerprint density at radius 2 is 1.38 bits per heavy atom. The van der Waals surface area contributed by atoms with Crippen molar-refractivity contribution in [1.82, 2.24) is 0 Å². The Morgan fingerprint density at radius 1 is 0.824 bits per heavy atom. The number of benzene rings is 3. The highest BCUT2D eigenvalue weighted by molar-refractivity contribution is 6.01. The third-order valence-corrected chi connectivity index (χ3v) is 6.64. The molecule has 0 spiro atoms. The topological polar surface area (TPSA) is 99.9 Å². The molecule has 0 atom stereocenters. The number of nitrogens with two attached hydrogens (primary N) is 2. The zero-order chi connectivity index (χ0) is 25.2. The Morgan fingerprint density at radius 3 is 1.94 bits per heavy atom. The molecule has 0 amide bonds. The van der Waals surface area contributed by atoms with Crippen molar-refractivity contribution in [2.24, 2.45) is 16.7 Å². The van der Waals surface area contributed by atoms with Gasteiger partial charge in [-0.25, -0.2) is 4.79 Å². The number of hydrazone groups is 1. The molecule has 0 heterocycles. The average Bonchev–Trinajstić information content (AvgIpc) is 2.82. The molecule has 0 aliphatic carbocycles. The van der Waals surface area contributed by atoms with E-state index < -0.39 is 5.97 Å². The van der Waals surface area contributed by atoms with Gasteiger partial charge in [0.05, 0.1) is 5.56 Å². The highest BCUT2D eigenvalue weighted by atomic mass is 16.5. The number of esters is 1. The van der Waals surface area contributed by atoms with Crippen LogP contribution in [0.3, 0.4) is 0 Å². The van der Waals surface area contributed by atoms with Crippen molar-refractivity contribution in [1.29, 1.82) is 0 Å². The quantitative estimate of drug-likeness (QED) is 0.131. The number of carbonyl (C=O) groups is 1. The lowest BCUT2D eigenvalue weighted by atomic mass is 9.92. The van der Waals surface area contributed by atoms with Gasteiger partial charge in [-0.05, 0) is 99.0 Å². The van der Waals surface area contributed by atoms with Crippen LogP contribution < -0.4 is 21.1 Å². The van der Waals surface area contributed by atoms with Crippen LogP contribution >= 0.6 is 0 Å². The summed E-state index contributed by atoms with van der Waals surface area (Å²) in [7, 11) is 0. The molecule has 0 saturated carbocycles. The maximum Gasteiger partial charge on any atom is 0.344 e. The lowest BCUT2D eigenvalue weighted by molar-refractivity contribution is 0.0730. The van der Waals surface area contributed by atoms with Crippen molar-refractivity contribution in [3.8, 4) is 11.5 Å². The lowest BCUT2D eigenvalue weighted by Crippen LogP contribution is -2.21. The molecule has 0 aliphatic rings. The fraction of sp³-hybridized carbons (Fsp3) is 0.286. The molecule has 178 valence electrons. The number of aryl methyl sites for hydroxylation is 1. The van der Waals surface area contributed by atoms with E-state index in [1.807, 2.05) is 84.9 Å². The van der Waals surface area contributed by atoms with Crippen LogP contribution in [0.4, 0.5) is 0 Å². The molecule has 0 saturated heterocycles. The Bertz CT molecular complexity index is 1250. The third kappa shape index (κ3) is 4.62. The Hall–Kier alpha value is -3.80. The summed E-state index contributed by atoms with van der Waals surface area (Å²) < 4.78 is 12.1. The van der Waals surface area contributed by atoms with Crippen molar-refractivity contribution in [3.63, 3.8) is 0 Å². The highest BCUT2D eigenvalue weighted by Gasteiger charge is 2.24. The SMILES string of the molecule is Cc1cc(OCc2ccccc2)c(C)c(C)c1C(=O)Oc1c(C)c(C)c(/C(N)=N/N)c(C)c1C. The fourth-order valence-corrected chi connectivity index (χ4v) is 4.27. The second-order valence-electron chi connectivity index (χ2n) is 8.70. The van der Waals surface area contributed by atoms with E-state index in [2.05, 4.69) is 5.10 Å². The fourth-order valence-electron chi connectivity index (χ4n) is 4.27. The van der Waals surface area contributed by atoms with Crippen LogP contribution in [0, 0.1) is 48.5 Å². The molecular formula is C28H33N3O3. The van der Waals surface area contributed by atoms with Gasteiger partial charge in [0.25, 0.3) is 0 Å². The van der Waals surface area contributed by atoms with Crippen LogP contribution in [0.25, 0.3) is 0 Å². The van der Waals surface area contributed by atoms with Crippen molar-refractivity contribution >= 4 is 11.8 Å². The van der Waals surface area contributed by atoms with Gasteiger partial charge >= 0.3 is 5.97 Å². The molecule has 0 bridgehead atoms. The summed E-state index contributed by atoms with van der Waals surface area (Å²) in [5, 5.41) is 3.65. The molecule has 6 heteroatoms. The summed E-state index contributed by atoms with van der Waals surface area (Å²) in [6.07, 6.45) is 0. The monoisotopic (exact) mass is 459 g/mol. The molecule has 3 aromatic carbocycles. The maximum atomic E-state index is 13.4. The summed E-state index contributed by atoms with van der Waals surface area (Å²) in [4.78, 5) is 13.4. The van der Waals surface area contributed by atoms with Gasteiger partial charge in [-0.1, -0.05) is 30.3 Å². The van der Waals surface area contributed by atoms with Gasteiger partial charge in [-0.2, -0.15) is 5.10 Å². The van der Waals surface area contributed by atoms with E-state index in [4.69, 9.17) is 21.1 Å². The highest BCUT2D eigenvalue weighted by Crippen LogP contribution is 2.35. The number of carbonyl (C=O) groups excluding carboxylic acids is 1. The van der Waals surface area contributed by atoms with E-state index in [0.717, 1.165) is 55.8 Å². The summed E-state index contributed by atoms with van der Waals surface area (Å²) >= 11 is 0. The molecule has 3 rings (SSSR count). The van der Waals surface area contributed by atoms with Crippen LogP contribution in [-0.2, 0) is 6.61 Å². The molecular weight excluding hydrogens is 426 g/mol. The van der Waals surface area contributed by atoms with Gasteiger partial charge in [-0.3, -0.25) is 0 Å². The normalized spacial score (nSPS) is 11.4. The molecule has 0 fully saturated rings. The summed E-state index contributed by atoms with van der Waals surface area (Å²) in [5.41, 5.74) is 14.4. The first-order chi connectivity index (χ1) is 16.1. The zero-order valence-electron chi connectivity index (χ0n) is 21.0. The van der Waals surface area contributed by atoms with Crippen molar-refractivity contribution in [2.75, 3.05) is 0 Å². The Labute approximate surface area is 201 Å². The van der Waals surface area contributed by atoms with Crippen molar-refractivity contribution in [2.45, 2.75) is 55.1 Å². The van der Waals surface area contributed by atoms with E-state index in [9.17, 15) is 4.79 Å². The van der Waals surface area contributed by atoms with Gasteiger partial charge in [-0.15, -0.1) is 0 Å². The van der Waals surface area contributed by atoms with Gasteiger partial charge in [0.2, 0.25) is 0 Å². The van der Waals surface area contributed by atoms with Crippen LogP contribution in [0.5, 0.6) is 11.5 Å². The smallest absolute Gasteiger partial charge is 0.344 e. The molecule has 0 aliphatic heterocycles. The van der Waals surface area contributed by atoms with Crippen LogP contribution in [0.15, 0.2) is 41.5 Å². The van der Waals surface area contributed by atoms with Crippen LogP contribution in [-0.4, -0.2) is 11.8 Å². The first-order valence-electron chi connectivity index (χ1n) is 11.2. The molecule has 34 heavy (non-hydrogen) atoms. The molecule has 6 nitrogen and oxygen atoms in total.